The van der Waals surface area contributed by atoms with Crippen LogP contribution >= 0.6 is 0 Å². The van der Waals surface area contributed by atoms with Crippen LogP contribution in [0.1, 0.15) is 18.1 Å². The monoisotopic (exact) mass is 546 g/mol. The van der Waals surface area contributed by atoms with Crippen LogP contribution in [0, 0.1) is 12.1 Å². The molecular weight excluding hydrogens is 510 g/mol. The summed E-state index contributed by atoms with van der Waals surface area (Å²) in [5.74, 6) is 1.33. The van der Waals surface area contributed by atoms with E-state index in [9.17, 15) is 5.21 Å². The number of morpholine rings is 1. The molecule has 0 amide bonds. The SMILES string of the molecule is CCN1CCN(c2ccc(NN([O-])N3CCc4c(-c5cnc(N)nc5)nc(N5CCOCC5)nc43)c(C)c2)CC1. The predicted molar refractivity (Wildman–Crippen MR) is 156 cm³/mol. The van der Waals surface area contributed by atoms with Crippen LogP contribution in [0.15, 0.2) is 30.6 Å². The molecule has 13 nitrogen and oxygen atoms in total. The molecule has 6 rings (SSSR count). The Morgan fingerprint density at radius 1 is 1.00 bits per heavy atom. The van der Waals surface area contributed by atoms with Gasteiger partial charge in [-0.25, -0.2) is 20.2 Å². The number of nitrogen functional groups attached to an aromatic ring is 1. The smallest absolute Gasteiger partial charge is 0.228 e. The summed E-state index contributed by atoms with van der Waals surface area (Å²) in [6, 6.07) is 6.21. The third-order valence-corrected chi connectivity index (χ3v) is 7.86. The van der Waals surface area contributed by atoms with Gasteiger partial charge in [0.1, 0.15) is 0 Å². The van der Waals surface area contributed by atoms with Crippen molar-refractivity contribution in [2.45, 2.75) is 20.3 Å². The van der Waals surface area contributed by atoms with Crippen molar-refractivity contribution < 1.29 is 4.74 Å². The van der Waals surface area contributed by atoms with Crippen LogP contribution in [0.5, 0.6) is 0 Å². The van der Waals surface area contributed by atoms with E-state index < -0.39 is 0 Å². The number of nitrogens with one attached hydrogen (secondary N) is 1. The number of ether oxygens (including phenoxy) is 1. The molecule has 3 aromatic rings. The van der Waals surface area contributed by atoms with Gasteiger partial charge in [0.2, 0.25) is 11.9 Å². The number of piperazine rings is 1. The Balaban J connectivity index is 1.25. The number of nitrogens with two attached hydrogens (primary N) is 1. The fourth-order valence-corrected chi connectivity index (χ4v) is 5.46. The Bertz CT molecular complexity index is 1320. The minimum Gasteiger partial charge on any atom is -0.749 e. The van der Waals surface area contributed by atoms with Crippen molar-refractivity contribution in [3.05, 3.63) is 46.9 Å². The number of fused-ring (bicyclic) bond motifs is 1. The third-order valence-electron chi connectivity index (χ3n) is 7.86. The average molecular weight is 547 g/mol. The van der Waals surface area contributed by atoms with E-state index in [0.29, 0.717) is 56.7 Å². The maximum absolute atomic E-state index is 13.5. The van der Waals surface area contributed by atoms with Crippen LogP contribution in [0.25, 0.3) is 11.3 Å². The molecule has 13 heteroatoms. The molecule has 2 aromatic heterocycles. The quantitative estimate of drug-likeness (QED) is 0.418. The minimum absolute atomic E-state index is 0.198. The molecule has 2 fully saturated rings. The lowest BCUT2D eigenvalue weighted by Crippen LogP contribution is -2.46. The highest BCUT2D eigenvalue weighted by atomic mass is 16.6. The number of hydrogen-bond donors (Lipinski definition) is 2. The van der Waals surface area contributed by atoms with Crippen LogP contribution in [0.2, 0.25) is 0 Å². The molecule has 0 aliphatic carbocycles. The Kier molecular flexibility index (Phi) is 7.52. The molecule has 5 heterocycles. The number of aromatic nitrogens is 4. The summed E-state index contributed by atoms with van der Waals surface area (Å²) in [7, 11) is 0. The molecule has 0 spiro atoms. The second-order valence-electron chi connectivity index (χ2n) is 10.3. The van der Waals surface area contributed by atoms with Gasteiger partial charge in [0.05, 0.1) is 24.6 Å². The first-order chi connectivity index (χ1) is 19.5. The minimum atomic E-state index is 0.198. The van der Waals surface area contributed by atoms with E-state index in [4.69, 9.17) is 20.4 Å². The fourth-order valence-electron chi connectivity index (χ4n) is 5.46. The molecule has 0 atom stereocenters. The Labute approximate surface area is 234 Å². The van der Waals surface area contributed by atoms with Crippen LogP contribution in [0.3, 0.4) is 0 Å². The van der Waals surface area contributed by atoms with E-state index >= 15 is 0 Å². The van der Waals surface area contributed by atoms with Crippen LogP contribution in [-0.4, -0.2) is 95.7 Å². The van der Waals surface area contributed by atoms with Crippen LogP contribution < -0.4 is 26.0 Å². The van der Waals surface area contributed by atoms with Gasteiger partial charge in [0.15, 0.2) is 5.82 Å². The number of rotatable bonds is 7. The maximum atomic E-state index is 13.5. The molecule has 0 unspecified atom stereocenters. The van der Waals surface area contributed by atoms with Gasteiger partial charge in [0, 0.05) is 75.0 Å². The summed E-state index contributed by atoms with van der Waals surface area (Å²) < 4.78 is 5.52. The number of anilines is 5. The van der Waals surface area contributed by atoms with Crippen molar-refractivity contribution in [3.63, 3.8) is 0 Å². The molecule has 212 valence electrons. The lowest BCUT2D eigenvalue weighted by molar-refractivity contribution is 0.122. The molecule has 2 saturated heterocycles. The van der Waals surface area contributed by atoms with Gasteiger partial charge in [-0.3, -0.25) is 5.01 Å². The standard InChI is InChI=1S/C27H36N11O2/c1-3-34-8-10-35(11-9-34)21-4-5-23(19(2)16-21)33-38(39)37-7-6-22-24(20-17-29-26(28)30-18-20)31-27(32-25(22)37)36-12-14-40-15-13-36/h4-5,16-18,33H,3,6-15H2,1-2H3,(H2,28,29,30)/q-1. The summed E-state index contributed by atoms with van der Waals surface area (Å²) in [5, 5.41) is 16.0. The normalized spacial score (nSPS) is 17.9. The van der Waals surface area contributed by atoms with Crippen molar-refractivity contribution in [3.8, 4) is 11.3 Å². The van der Waals surface area contributed by atoms with E-state index in [1.165, 1.54) is 5.69 Å². The van der Waals surface area contributed by atoms with Crippen molar-refractivity contribution in [2.24, 2.45) is 0 Å². The highest BCUT2D eigenvalue weighted by Crippen LogP contribution is 2.36. The third kappa shape index (κ3) is 5.32. The Hall–Kier alpha value is -3.78. The molecular formula is C27H36N11O2-. The van der Waals surface area contributed by atoms with Gasteiger partial charge >= 0.3 is 0 Å². The first-order valence-corrected chi connectivity index (χ1v) is 13.9. The second-order valence-corrected chi connectivity index (χ2v) is 10.3. The Morgan fingerprint density at radius 2 is 1.75 bits per heavy atom. The zero-order chi connectivity index (χ0) is 27.6. The van der Waals surface area contributed by atoms with Crippen molar-refractivity contribution in [1.82, 2.24) is 30.1 Å². The number of hydrazine groups is 2. The van der Waals surface area contributed by atoms with Gasteiger partial charge in [0.25, 0.3) is 0 Å². The molecule has 1 aromatic carbocycles. The molecule has 0 radical (unpaired) electrons. The van der Waals surface area contributed by atoms with Crippen LogP contribution in [-0.2, 0) is 11.2 Å². The molecule has 3 aliphatic heterocycles. The number of hydrogen-bond acceptors (Lipinski definition) is 13. The lowest BCUT2D eigenvalue weighted by atomic mass is 10.1. The molecule has 40 heavy (non-hydrogen) atoms. The number of nitrogens with zero attached hydrogens (tertiary/aromatic N) is 9. The summed E-state index contributed by atoms with van der Waals surface area (Å²) in [6.07, 6.45) is 3.94. The van der Waals surface area contributed by atoms with Gasteiger partial charge in [-0.1, -0.05) is 6.92 Å². The van der Waals surface area contributed by atoms with E-state index in [2.05, 4.69) is 49.1 Å². The van der Waals surface area contributed by atoms with Gasteiger partial charge in [-0.2, -0.15) is 4.98 Å². The maximum Gasteiger partial charge on any atom is 0.228 e. The zero-order valence-corrected chi connectivity index (χ0v) is 23.1. The van der Waals surface area contributed by atoms with E-state index in [1.807, 2.05) is 13.0 Å². The number of aryl methyl sites for hydroxylation is 1. The average Bonchev–Trinajstić information content (AvgIpc) is 3.43. The van der Waals surface area contributed by atoms with Gasteiger partial charge in [-0.15, -0.1) is 0 Å². The van der Waals surface area contributed by atoms with Crippen LogP contribution in [0.4, 0.5) is 29.1 Å². The van der Waals surface area contributed by atoms with Gasteiger partial charge < -0.3 is 35.8 Å². The van der Waals surface area contributed by atoms with Gasteiger partial charge in [-0.05, 0) is 43.7 Å². The molecule has 0 saturated carbocycles. The second kappa shape index (κ2) is 11.4. The first kappa shape index (κ1) is 26.4. The van der Waals surface area contributed by atoms with Crippen molar-refractivity contribution in [1.29, 1.82) is 0 Å². The summed E-state index contributed by atoms with van der Waals surface area (Å²) >= 11 is 0. The number of benzene rings is 1. The molecule has 0 bridgehead atoms. The van der Waals surface area contributed by atoms with Crippen molar-refractivity contribution in [2.75, 3.05) is 91.5 Å². The summed E-state index contributed by atoms with van der Waals surface area (Å²) in [5.41, 5.74) is 14.1. The fraction of sp³-hybridized carbons (Fsp3) is 0.481. The summed E-state index contributed by atoms with van der Waals surface area (Å²) in [6.45, 7) is 12.5. The highest BCUT2D eigenvalue weighted by molar-refractivity contribution is 5.72. The highest BCUT2D eigenvalue weighted by Gasteiger charge is 2.30. The number of likely N-dealkylation sites (N-methyl/N-ethyl adjacent to an activating group) is 1. The lowest BCUT2D eigenvalue weighted by Gasteiger charge is -2.39. The van der Waals surface area contributed by atoms with Crippen molar-refractivity contribution >= 4 is 29.1 Å². The zero-order valence-electron chi connectivity index (χ0n) is 23.1. The predicted octanol–water partition coefficient (Wildman–Crippen LogP) is 1.91. The van der Waals surface area contributed by atoms with E-state index in [-0.39, 0.29) is 5.95 Å². The van der Waals surface area contributed by atoms with E-state index in [0.717, 1.165) is 60.4 Å². The molecule has 3 N–H and O–H groups in total. The Morgan fingerprint density at radius 3 is 2.45 bits per heavy atom. The topological polar surface area (TPSA) is 138 Å². The first-order valence-electron chi connectivity index (χ1n) is 13.9. The van der Waals surface area contributed by atoms with E-state index in [1.54, 1.807) is 17.4 Å². The molecule has 3 aliphatic rings. The summed E-state index contributed by atoms with van der Waals surface area (Å²) in [4.78, 5) is 25.0. The largest absolute Gasteiger partial charge is 0.749 e.